The summed E-state index contributed by atoms with van der Waals surface area (Å²) >= 11 is 3.51. The van der Waals surface area contributed by atoms with Gasteiger partial charge in [0, 0.05) is 21.6 Å². The van der Waals surface area contributed by atoms with Crippen LogP contribution in [0.5, 0.6) is 0 Å². The van der Waals surface area contributed by atoms with Crippen molar-refractivity contribution in [2.45, 2.75) is 33.6 Å². The second kappa shape index (κ2) is 6.41. The van der Waals surface area contributed by atoms with Gasteiger partial charge in [0.1, 0.15) is 17.5 Å². The van der Waals surface area contributed by atoms with Gasteiger partial charge in [-0.05, 0) is 37.6 Å². The summed E-state index contributed by atoms with van der Waals surface area (Å²) in [6.45, 7) is 8.09. The Hall–Kier alpha value is -1.66. The first kappa shape index (κ1) is 15.7. The number of rotatable bonds is 4. The number of benzene rings is 1. The first-order valence-corrected chi connectivity index (χ1v) is 7.59. The van der Waals surface area contributed by atoms with Crippen molar-refractivity contribution in [1.82, 2.24) is 9.97 Å². The highest BCUT2D eigenvalue weighted by Crippen LogP contribution is 2.27. The minimum Gasteiger partial charge on any atom is -0.340 e. The van der Waals surface area contributed by atoms with Crippen LogP contribution in [0.1, 0.15) is 36.7 Å². The molecule has 2 rings (SSSR count). The number of hydrogen-bond acceptors (Lipinski definition) is 5. The van der Waals surface area contributed by atoms with Crippen LogP contribution in [-0.4, -0.2) is 9.97 Å². The third-order valence-corrected chi connectivity index (χ3v) is 3.58. The Bertz CT molecular complexity index is 635. The molecule has 0 unspecified atom stereocenters. The third kappa shape index (κ3) is 3.71. The van der Waals surface area contributed by atoms with Crippen molar-refractivity contribution in [3.05, 3.63) is 39.6 Å². The standard InChI is InChI=1S/C15H20BrN5/c1-8(2)13-19-14(10(4)15(20-13)21-17)18-12-6-9(3)5-11(16)7-12/h5-8H,17H2,1-4H3,(H2,18,19,20,21). The number of hydrogen-bond donors (Lipinski definition) is 3. The van der Waals surface area contributed by atoms with Gasteiger partial charge in [-0.3, -0.25) is 0 Å². The zero-order chi connectivity index (χ0) is 15.6. The van der Waals surface area contributed by atoms with Gasteiger partial charge in [0.05, 0.1) is 0 Å². The maximum atomic E-state index is 5.55. The van der Waals surface area contributed by atoms with Crippen LogP contribution >= 0.6 is 15.9 Å². The average molecular weight is 350 g/mol. The van der Waals surface area contributed by atoms with E-state index in [0.29, 0.717) is 5.82 Å². The number of anilines is 3. The summed E-state index contributed by atoms with van der Waals surface area (Å²) in [5.74, 6) is 7.94. The predicted molar refractivity (Wildman–Crippen MR) is 90.8 cm³/mol. The molecule has 0 saturated heterocycles. The Balaban J connectivity index is 2.45. The fourth-order valence-corrected chi connectivity index (χ4v) is 2.61. The summed E-state index contributed by atoms with van der Waals surface area (Å²) in [6.07, 6.45) is 0. The Morgan fingerprint density at radius 1 is 1.10 bits per heavy atom. The molecule has 0 amide bonds. The van der Waals surface area contributed by atoms with Crippen LogP contribution in [0.2, 0.25) is 0 Å². The van der Waals surface area contributed by atoms with E-state index in [-0.39, 0.29) is 5.92 Å². The lowest BCUT2D eigenvalue weighted by Crippen LogP contribution is -2.14. The molecule has 0 bridgehead atoms. The normalized spacial score (nSPS) is 10.8. The second-order valence-corrected chi connectivity index (χ2v) is 6.26. The lowest BCUT2D eigenvalue weighted by molar-refractivity contribution is 0.774. The molecule has 0 spiro atoms. The van der Waals surface area contributed by atoms with E-state index in [0.717, 1.165) is 27.4 Å². The molecule has 0 aliphatic carbocycles. The molecule has 0 fully saturated rings. The van der Waals surface area contributed by atoms with Crippen molar-refractivity contribution in [3.63, 3.8) is 0 Å². The summed E-state index contributed by atoms with van der Waals surface area (Å²) in [5.41, 5.74) is 5.67. The molecule has 0 aliphatic heterocycles. The maximum Gasteiger partial charge on any atom is 0.148 e. The molecular formula is C15H20BrN5. The van der Waals surface area contributed by atoms with Crippen molar-refractivity contribution in [2.75, 3.05) is 10.7 Å². The fourth-order valence-electron chi connectivity index (χ4n) is 2.00. The van der Waals surface area contributed by atoms with Gasteiger partial charge in [0.2, 0.25) is 0 Å². The summed E-state index contributed by atoms with van der Waals surface area (Å²) in [5, 5.41) is 3.35. The number of nitrogen functional groups attached to an aromatic ring is 1. The zero-order valence-electron chi connectivity index (χ0n) is 12.7. The fraction of sp³-hybridized carbons (Fsp3) is 0.333. The van der Waals surface area contributed by atoms with Crippen molar-refractivity contribution in [2.24, 2.45) is 5.84 Å². The SMILES string of the molecule is Cc1cc(Br)cc(Nc2nc(C(C)C)nc(NN)c2C)c1. The molecule has 5 nitrogen and oxygen atoms in total. The quantitative estimate of drug-likeness (QED) is 0.574. The summed E-state index contributed by atoms with van der Waals surface area (Å²) < 4.78 is 1.03. The number of nitrogens with two attached hydrogens (primary N) is 1. The van der Waals surface area contributed by atoms with Gasteiger partial charge in [0.15, 0.2) is 0 Å². The number of nitrogens with one attached hydrogen (secondary N) is 2. The van der Waals surface area contributed by atoms with Gasteiger partial charge in [-0.2, -0.15) is 0 Å². The van der Waals surface area contributed by atoms with Crippen molar-refractivity contribution >= 4 is 33.3 Å². The van der Waals surface area contributed by atoms with Gasteiger partial charge in [-0.15, -0.1) is 0 Å². The van der Waals surface area contributed by atoms with Crippen LogP contribution in [0.4, 0.5) is 17.3 Å². The number of halogens is 1. The van der Waals surface area contributed by atoms with Crippen LogP contribution in [0, 0.1) is 13.8 Å². The van der Waals surface area contributed by atoms with E-state index in [1.807, 2.05) is 13.0 Å². The van der Waals surface area contributed by atoms with Gasteiger partial charge >= 0.3 is 0 Å². The third-order valence-electron chi connectivity index (χ3n) is 3.12. The van der Waals surface area contributed by atoms with Gasteiger partial charge in [-0.1, -0.05) is 29.8 Å². The predicted octanol–water partition coefficient (Wildman–Crippen LogP) is 4.01. The molecule has 0 atom stereocenters. The van der Waals surface area contributed by atoms with E-state index in [9.17, 15) is 0 Å². The Morgan fingerprint density at radius 3 is 2.33 bits per heavy atom. The van der Waals surface area contributed by atoms with Crippen LogP contribution in [-0.2, 0) is 0 Å². The first-order chi connectivity index (χ1) is 9.90. The molecule has 1 heterocycles. The maximum absolute atomic E-state index is 5.55. The number of aromatic nitrogens is 2. The molecule has 1 aromatic carbocycles. The molecule has 112 valence electrons. The van der Waals surface area contributed by atoms with Crippen molar-refractivity contribution in [3.8, 4) is 0 Å². The smallest absolute Gasteiger partial charge is 0.148 e. The van der Waals surface area contributed by atoms with Crippen LogP contribution in [0.15, 0.2) is 22.7 Å². The van der Waals surface area contributed by atoms with Gasteiger partial charge < -0.3 is 10.7 Å². The zero-order valence-corrected chi connectivity index (χ0v) is 14.2. The molecule has 0 aliphatic rings. The van der Waals surface area contributed by atoms with E-state index < -0.39 is 0 Å². The number of nitrogens with zero attached hydrogens (tertiary/aromatic N) is 2. The highest BCUT2D eigenvalue weighted by Gasteiger charge is 2.13. The monoisotopic (exact) mass is 349 g/mol. The van der Waals surface area contributed by atoms with Gasteiger partial charge in [-0.25, -0.2) is 15.8 Å². The number of hydrazine groups is 1. The second-order valence-electron chi connectivity index (χ2n) is 5.35. The highest BCUT2D eigenvalue weighted by atomic mass is 79.9. The molecule has 6 heteroatoms. The van der Waals surface area contributed by atoms with E-state index in [2.05, 4.69) is 69.5 Å². The lowest BCUT2D eigenvalue weighted by atomic mass is 10.2. The highest BCUT2D eigenvalue weighted by molar-refractivity contribution is 9.10. The topological polar surface area (TPSA) is 75.9 Å². The molecule has 0 saturated carbocycles. The van der Waals surface area contributed by atoms with Crippen LogP contribution in [0.3, 0.4) is 0 Å². The minimum absolute atomic E-state index is 0.225. The Morgan fingerprint density at radius 2 is 1.76 bits per heavy atom. The largest absolute Gasteiger partial charge is 0.340 e. The summed E-state index contributed by atoms with van der Waals surface area (Å²) in [4.78, 5) is 9.03. The van der Waals surface area contributed by atoms with E-state index in [1.54, 1.807) is 0 Å². The van der Waals surface area contributed by atoms with E-state index >= 15 is 0 Å². The molecule has 2 aromatic rings. The molecule has 1 aromatic heterocycles. The minimum atomic E-state index is 0.225. The van der Waals surface area contributed by atoms with Gasteiger partial charge in [0.25, 0.3) is 0 Å². The molecular weight excluding hydrogens is 330 g/mol. The first-order valence-electron chi connectivity index (χ1n) is 6.80. The molecule has 21 heavy (non-hydrogen) atoms. The van der Waals surface area contributed by atoms with E-state index in [1.165, 1.54) is 5.56 Å². The molecule has 0 radical (unpaired) electrons. The van der Waals surface area contributed by atoms with Crippen LogP contribution < -0.4 is 16.6 Å². The lowest BCUT2D eigenvalue weighted by Gasteiger charge is -2.15. The summed E-state index contributed by atoms with van der Waals surface area (Å²) in [7, 11) is 0. The molecule has 4 N–H and O–H groups in total. The average Bonchev–Trinajstić information content (AvgIpc) is 2.39. The van der Waals surface area contributed by atoms with Crippen LogP contribution in [0.25, 0.3) is 0 Å². The number of aryl methyl sites for hydroxylation is 1. The van der Waals surface area contributed by atoms with Crippen molar-refractivity contribution < 1.29 is 0 Å². The van der Waals surface area contributed by atoms with Crippen molar-refractivity contribution in [1.29, 1.82) is 0 Å². The van der Waals surface area contributed by atoms with E-state index in [4.69, 9.17) is 5.84 Å². The Labute approximate surface area is 133 Å². The summed E-state index contributed by atoms with van der Waals surface area (Å²) in [6, 6.07) is 6.14. The Kier molecular flexibility index (Phi) is 4.80.